The Kier molecular flexibility index (Phi) is 17.2. The monoisotopic (exact) mass is 1460 g/mol. The van der Waals surface area contributed by atoms with Gasteiger partial charge in [0.25, 0.3) is 0 Å². The summed E-state index contributed by atoms with van der Waals surface area (Å²) in [5.74, 6) is 0. The van der Waals surface area contributed by atoms with E-state index in [1.54, 1.807) is 0 Å². The van der Waals surface area contributed by atoms with E-state index >= 15 is 0 Å². The third-order valence-corrected chi connectivity index (χ3v) is 23.7. The predicted molar refractivity (Wildman–Crippen MR) is 487 cm³/mol. The lowest BCUT2D eigenvalue weighted by Gasteiger charge is -2.35. The van der Waals surface area contributed by atoms with Crippen molar-refractivity contribution >= 4 is 77.2 Å². The van der Waals surface area contributed by atoms with Gasteiger partial charge < -0.3 is 9.80 Å². The summed E-state index contributed by atoms with van der Waals surface area (Å²) in [4.78, 5) is 5.03. The lowest BCUT2D eigenvalue weighted by atomic mass is 9.67. The molecule has 20 aromatic rings. The Hall–Kier alpha value is -15.0. The number of nitrogens with zero attached hydrogens (tertiary/aromatic N) is 2. The zero-order valence-electron chi connectivity index (χ0n) is 63.3. The van der Waals surface area contributed by atoms with Gasteiger partial charge in [0, 0.05) is 33.8 Å². The molecule has 21 rings (SSSR count). The molecular formula is C113H76N2. The van der Waals surface area contributed by atoms with Crippen molar-refractivity contribution in [1.29, 1.82) is 0 Å². The number of hydrogen-bond donors (Lipinski definition) is 0. The molecule has 0 amide bonds. The van der Waals surface area contributed by atoms with E-state index < -0.39 is 5.41 Å². The standard InChI is InChI=1S/C113H76N2/c1-5-29-77(30-6-1)86-42-24-47-95(72-86)115(111-76-90(64-70-102(111)82-33-9-3-10-34-82)99-55-27-39-80-36-14-17-49-97(80)99)109-58-28-57-108-112(109)105-53-21-22-56-107(105)113(108,91-44-11-4-12-45-91)92-65-59-78(60-66-92)84-40-23-41-85(71-84)87-43-25-46-94(73-87)114(93-67-61-83(62-68-93)106-74-88-37-15-18-50-100(88)103-51-19-20-52-104(103)106)110-75-89(63-69-101(110)81-31-7-2-8-32-81)98-54-26-38-79-35-13-16-48-96(79)98/h1-76H. The fourth-order valence-corrected chi connectivity index (χ4v) is 18.4. The summed E-state index contributed by atoms with van der Waals surface area (Å²) in [6.07, 6.45) is 0. The third-order valence-electron chi connectivity index (χ3n) is 23.7. The van der Waals surface area contributed by atoms with Gasteiger partial charge in [-0.05, 0) is 216 Å². The maximum Gasteiger partial charge on any atom is 0.0714 e. The second kappa shape index (κ2) is 29.0. The molecule has 0 heterocycles. The highest BCUT2D eigenvalue weighted by Crippen LogP contribution is 2.61. The van der Waals surface area contributed by atoms with Crippen molar-refractivity contribution in [2.45, 2.75) is 5.41 Å². The van der Waals surface area contributed by atoms with Gasteiger partial charge in [-0.1, -0.05) is 394 Å². The van der Waals surface area contributed by atoms with Crippen LogP contribution < -0.4 is 9.80 Å². The molecule has 0 spiro atoms. The molecule has 20 aromatic carbocycles. The minimum atomic E-state index is -0.722. The topological polar surface area (TPSA) is 6.48 Å². The second-order valence-electron chi connectivity index (χ2n) is 30.1. The summed E-state index contributed by atoms with van der Waals surface area (Å²) >= 11 is 0. The molecule has 2 nitrogen and oxygen atoms in total. The van der Waals surface area contributed by atoms with E-state index in [9.17, 15) is 0 Å². The fraction of sp³-hybridized carbons (Fsp3) is 0.00885. The molecule has 0 fully saturated rings. The van der Waals surface area contributed by atoms with Crippen molar-refractivity contribution in [3.63, 3.8) is 0 Å². The molecule has 1 unspecified atom stereocenters. The number of fused-ring (bicyclic) bond motifs is 8. The van der Waals surface area contributed by atoms with Gasteiger partial charge in [-0.25, -0.2) is 0 Å². The van der Waals surface area contributed by atoms with Gasteiger partial charge in [0.2, 0.25) is 0 Å². The van der Waals surface area contributed by atoms with Gasteiger partial charge in [0.1, 0.15) is 0 Å². The van der Waals surface area contributed by atoms with E-state index in [4.69, 9.17) is 0 Å². The van der Waals surface area contributed by atoms with E-state index in [2.05, 4.69) is 471 Å². The van der Waals surface area contributed by atoms with Crippen molar-refractivity contribution in [3.8, 4) is 100 Å². The van der Waals surface area contributed by atoms with E-state index in [1.165, 1.54) is 93.2 Å². The molecule has 1 aliphatic rings. The highest BCUT2D eigenvalue weighted by molar-refractivity contribution is 6.14. The summed E-state index contributed by atoms with van der Waals surface area (Å²) < 4.78 is 0. The van der Waals surface area contributed by atoms with Gasteiger partial charge >= 0.3 is 0 Å². The largest absolute Gasteiger partial charge is 0.310 e. The minimum Gasteiger partial charge on any atom is -0.310 e. The number of benzene rings is 20. The lowest BCUT2D eigenvalue weighted by molar-refractivity contribution is 0.768. The Morgan fingerprint density at radius 1 is 0.157 bits per heavy atom. The average Bonchev–Trinajstić information content (AvgIpc) is 1.53. The first kappa shape index (κ1) is 68.1. The zero-order chi connectivity index (χ0) is 76.2. The normalized spacial score (nSPS) is 12.9. The van der Waals surface area contributed by atoms with E-state index in [-0.39, 0.29) is 0 Å². The molecule has 0 saturated carbocycles. The Balaban J connectivity index is 0.700. The Morgan fingerprint density at radius 3 is 1.16 bits per heavy atom. The van der Waals surface area contributed by atoms with Crippen molar-refractivity contribution in [3.05, 3.63) is 483 Å². The van der Waals surface area contributed by atoms with Crippen LogP contribution in [0.4, 0.5) is 34.1 Å². The SMILES string of the molecule is c1ccc(-c2cccc(N(c3cc(-c4cccc5ccccc45)ccc3-c3ccccc3)c3cccc4c3-c3ccccc3C4(c3ccccc3)c3ccc(-c4cccc(-c5cccc(N(c6ccc(-c7cc8ccccc8c8ccccc78)cc6)c6cc(-c7cccc8ccccc78)ccc6-c6ccccc6)c5)c4)cc3)c2)cc1. The van der Waals surface area contributed by atoms with Crippen LogP contribution in [-0.4, -0.2) is 0 Å². The molecule has 0 bridgehead atoms. The molecular weight excluding hydrogens is 1390 g/mol. The van der Waals surface area contributed by atoms with Crippen LogP contribution in [-0.2, 0) is 5.41 Å². The van der Waals surface area contributed by atoms with Crippen molar-refractivity contribution in [2.75, 3.05) is 9.80 Å². The van der Waals surface area contributed by atoms with Crippen LogP contribution in [0.1, 0.15) is 22.3 Å². The molecule has 538 valence electrons. The van der Waals surface area contributed by atoms with Crippen LogP contribution in [0.2, 0.25) is 0 Å². The fourth-order valence-electron chi connectivity index (χ4n) is 18.4. The van der Waals surface area contributed by atoms with Gasteiger partial charge in [0.15, 0.2) is 0 Å². The zero-order valence-corrected chi connectivity index (χ0v) is 63.3. The van der Waals surface area contributed by atoms with Crippen LogP contribution in [0, 0.1) is 0 Å². The molecule has 1 aliphatic carbocycles. The van der Waals surface area contributed by atoms with Gasteiger partial charge in [-0.15, -0.1) is 0 Å². The first-order chi connectivity index (χ1) is 57.0. The number of rotatable bonds is 16. The van der Waals surface area contributed by atoms with E-state index in [1.807, 2.05) is 0 Å². The van der Waals surface area contributed by atoms with Gasteiger partial charge in [-0.3, -0.25) is 0 Å². The molecule has 0 aromatic heterocycles. The Bertz CT molecular complexity index is 7060. The molecule has 2 heteroatoms. The van der Waals surface area contributed by atoms with Crippen molar-refractivity contribution < 1.29 is 0 Å². The summed E-state index contributed by atoms with van der Waals surface area (Å²) in [6.45, 7) is 0. The predicted octanol–water partition coefficient (Wildman–Crippen LogP) is 30.9. The molecule has 0 radical (unpaired) electrons. The summed E-state index contributed by atoms with van der Waals surface area (Å²) in [6, 6.07) is 171. The van der Waals surface area contributed by atoms with Crippen molar-refractivity contribution in [2.24, 2.45) is 0 Å². The maximum atomic E-state index is 2.56. The molecule has 0 N–H and O–H groups in total. The summed E-state index contributed by atoms with van der Waals surface area (Å²) in [7, 11) is 0. The first-order valence-electron chi connectivity index (χ1n) is 39.8. The van der Waals surface area contributed by atoms with Crippen molar-refractivity contribution in [1.82, 2.24) is 0 Å². The quantitative estimate of drug-likeness (QED) is 0.0890. The van der Waals surface area contributed by atoms with Crippen LogP contribution in [0.25, 0.3) is 143 Å². The molecule has 0 saturated heterocycles. The van der Waals surface area contributed by atoms with E-state index in [0.717, 1.165) is 106 Å². The Labute approximate surface area is 671 Å². The number of anilines is 6. The van der Waals surface area contributed by atoms with Crippen LogP contribution >= 0.6 is 0 Å². The third kappa shape index (κ3) is 12.1. The highest BCUT2D eigenvalue weighted by Gasteiger charge is 2.47. The van der Waals surface area contributed by atoms with Gasteiger partial charge in [0.05, 0.1) is 22.5 Å². The Morgan fingerprint density at radius 2 is 0.539 bits per heavy atom. The second-order valence-corrected chi connectivity index (χ2v) is 30.1. The first-order valence-corrected chi connectivity index (χ1v) is 39.8. The maximum absolute atomic E-state index is 2.56. The summed E-state index contributed by atoms with van der Waals surface area (Å²) in [5.41, 5.74) is 31.3. The minimum absolute atomic E-state index is 0.722. The van der Waals surface area contributed by atoms with Gasteiger partial charge in [-0.2, -0.15) is 0 Å². The van der Waals surface area contributed by atoms with Crippen LogP contribution in [0.15, 0.2) is 461 Å². The van der Waals surface area contributed by atoms with E-state index in [0.29, 0.717) is 0 Å². The lowest BCUT2D eigenvalue weighted by Crippen LogP contribution is -2.28. The van der Waals surface area contributed by atoms with Crippen LogP contribution in [0.5, 0.6) is 0 Å². The average molecular weight is 1460 g/mol. The highest BCUT2D eigenvalue weighted by atomic mass is 15.2. The molecule has 115 heavy (non-hydrogen) atoms. The summed E-state index contributed by atoms with van der Waals surface area (Å²) in [5, 5.41) is 9.83. The smallest absolute Gasteiger partial charge is 0.0714 e. The number of hydrogen-bond acceptors (Lipinski definition) is 2. The van der Waals surface area contributed by atoms with Crippen LogP contribution in [0.3, 0.4) is 0 Å². The molecule has 1 atom stereocenters. The molecule has 0 aliphatic heterocycles.